The topological polar surface area (TPSA) is 12.0 Å². The number of terminal acetylenes is 1. The van der Waals surface area contributed by atoms with Gasteiger partial charge < -0.3 is 5.32 Å². The largest absolute Gasteiger partial charge is 0.310 e. The van der Waals surface area contributed by atoms with Crippen LogP contribution in [0.2, 0.25) is 5.02 Å². The molecule has 1 rings (SSSR count). The lowest BCUT2D eigenvalue weighted by atomic mass is 10.0. The maximum Gasteiger partial charge on any atom is 0.0411 e. The van der Waals surface area contributed by atoms with Crippen molar-refractivity contribution in [3.63, 3.8) is 0 Å². The highest BCUT2D eigenvalue weighted by Gasteiger charge is 2.10. The van der Waals surface area contributed by atoms with Crippen LogP contribution < -0.4 is 5.32 Å². The summed E-state index contributed by atoms with van der Waals surface area (Å²) < 4.78 is 0. The number of hydrogen-bond acceptors (Lipinski definition) is 1. The maximum atomic E-state index is 6.06. The van der Waals surface area contributed by atoms with E-state index in [-0.39, 0.29) is 0 Å². The summed E-state index contributed by atoms with van der Waals surface area (Å²) in [4.78, 5) is 0. The highest BCUT2D eigenvalue weighted by atomic mass is 35.5. The first-order valence-electron chi connectivity index (χ1n) is 5.61. The van der Waals surface area contributed by atoms with Crippen molar-refractivity contribution in [2.24, 2.45) is 0 Å². The van der Waals surface area contributed by atoms with Crippen molar-refractivity contribution >= 4 is 11.6 Å². The van der Waals surface area contributed by atoms with E-state index in [0.29, 0.717) is 6.04 Å². The fourth-order valence-corrected chi connectivity index (χ4v) is 2.12. The number of nitrogens with one attached hydrogen (secondary N) is 1. The van der Waals surface area contributed by atoms with Gasteiger partial charge in [0.15, 0.2) is 0 Å². The van der Waals surface area contributed by atoms with E-state index in [2.05, 4.69) is 31.2 Å². The lowest BCUT2D eigenvalue weighted by Crippen LogP contribution is -2.20. The number of benzene rings is 1. The van der Waals surface area contributed by atoms with Gasteiger partial charge in [-0.1, -0.05) is 24.6 Å². The van der Waals surface area contributed by atoms with Crippen LogP contribution in [0.3, 0.4) is 0 Å². The minimum atomic E-state index is 0.304. The van der Waals surface area contributed by atoms with Crippen LogP contribution >= 0.6 is 11.6 Å². The third-order valence-corrected chi connectivity index (χ3v) is 2.71. The van der Waals surface area contributed by atoms with Crippen molar-refractivity contribution in [3.05, 3.63) is 34.3 Å². The Bertz CT molecular complexity index is 359. The molecule has 0 aliphatic rings. The summed E-state index contributed by atoms with van der Waals surface area (Å²) in [7, 11) is 0. The van der Waals surface area contributed by atoms with Crippen LogP contribution in [-0.4, -0.2) is 6.54 Å². The predicted molar refractivity (Wildman–Crippen MR) is 70.7 cm³/mol. The van der Waals surface area contributed by atoms with Gasteiger partial charge in [0.1, 0.15) is 0 Å². The van der Waals surface area contributed by atoms with Crippen LogP contribution in [0, 0.1) is 19.3 Å². The molecule has 0 saturated heterocycles. The lowest BCUT2D eigenvalue weighted by molar-refractivity contribution is 0.522. The van der Waals surface area contributed by atoms with Gasteiger partial charge >= 0.3 is 0 Å². The van der Waals surface area contributed by atoms with Gasteiger partial charge in [-0.3, -0.25) is 0 Å². The number of hydrogen-bond donors (Lipinski definition) is 1. The van der Waals surface area contributed by atoms with Gasteiger partial charge in [-0.25, -0.2) is 0 Å². The minimum absolute atomic E-state index is 0.304. The first-order chi connectivity index (χ1) is 7.67. The van der Waals surface area contributed by atoms with E-state index in [1.165, 1.54) is 11.1 Å². The van der Waals surface area contributed by atoms with E-state index in [0.717, 1.165) is 24.4 Å². The standard InChI is InChI=1S/C14H18ClN/c1-4-6-7-14(16-5-2)12-8-11(3)9-13(15)10-12/h1,8-10,14,16H,5-7H2,2-3H3. The minimum Gasteiger partial charge on any atom is -0.310 e. The number of aryl methyl sites for hydroxylation is 1. The second-order valence-electron chi connectivity index (χ2n) is 3.91. The van der Waals surface area contributed by atoms with Crippen LogP contribution in [0.1, 0.15) is 36.9 Å². The van der Waals surface area contributed by atoms with Gasteiger partial charge in [0.25, 0.3) is 0 Å². The smallest absolute Gasteiger partial charge is 0.0411 e. The lowest BCUT2D eigenvalue weighted by Gasteiger charge is -2.18. The summed E-state index contributed by atoms with van der Waals surface area (Å²) in [6, 6.07) is 6.45. The van der Waals surface area contributed by atoms with E-state index < -0.39 is 0 Å². The van der Waals surface area contributed by atoms with Crippen molar-refractivity contribution in [3.8, 4) is 12.3 Å². The van der Waals surface area contributed by atoms with Crippen LogP contribution in [0.5, 0.6) is 0 Å². The average Bonchev–Trinajstić information content (AvgIpc) is 2.22. The van der Waals surface area contributed by atoms with Crippen molar-refractivity contribution < 1.29 is 0 Å². The highest BCUT2D eigenvalue weighted by molar-refractivity contribution is 6.30. The summed E-state index contributed by atoms with van der Waals surface area (Å²) in [5.41, 5.74) is 2.41. The van der Waals surface area contributed by atoms with E-state index in [1.54, 1.807) is 0 Å². The van der Waals surface area contributed by atoms with Crippen LogP contribution in [0.4, 0.5) is 0 Å². The zero-order valence-corrected chi connectivity index (χ0v) is 10.6. The molecule has 0 fully saturated rings. The molecule has 0 saturated carbocycles. The third kappa shape index (κ3) is 3.89. The third-order valence-electron chi connectivity index (χ3n) is 2.49. The fourth-order valence-electron chi connectivity index (χ4n) is 1.83. The SMILES string of the molecule is C#CCCC(NCC)c1cc(C)cc(Cl)c1. The molecule has 1 unspecified atom stereocenters. The number of halogens is 1. The maximum absolute atomic E-state index is 6.06. The van der Waals surface area contributed by atoms with E-state index in [4.69, 9.17) is 18.0 Å². The van der Waals surface area contributed by atoms with E-state index >= 15 is 0 Å². The van der Waals surface area contributed by atoms with E-state index in [9.17, 15) is 0 Å². The monoisotopic (exact) mass is 235 g/mol. The van der Waals surface area contributed by atoms with Gasteiger partial charge in [0, 0.05) is 17.5 Å². The summed E-state index contributed by atoms with van der Waals surface area (Å²) in [6.07, 6.45) is 7.04. The summed E-state index contributed by atoms with van der Waals surface area (Å²) in [5, 5.41) is 4.22. The quantitative estimate of drug-likeness (QED) is 0.768. The van der Waals surface area contributed by atoms with Gasteiger partial charge in [-0.05, 0) is 43.1 Å². The molecule has 0 bridgehead atoms. The molecule has 1 aromatic rings. The molecule has 16 heavy (non-hydrogen) atoms. The molecular formula is C14H18ClN. The Morgan fingerprint density at radius 2 is 2.19 bits per heavy atom. The molecule has 0 spiro atoms. The molecule has 0 radical (unpaired) electrons. The highest BCUT2D eigenvalue weighted by Crippen LogP contribution is 2.23. The molecule has 0 heterocycles. The average molecular weight is 236 g/mol. The Hall–Kier alpha value is -0.970. The Morgan fingerprint density at radius 1 is 1.44 bits per heavy atom. The fraction of sp³-hybridized carbons (Fsp3) is 0.429. The summed E-state index contributed by atoms with van der Waals surface area (Å²) >= 11 is 6.06. The van der Waals surface area contributed by atoms with Gasteiger partial charge in [-0.2, -0.15) is 0 Å². The second kappa shape index (κ2) is 6.58. The van der Waals surface area contributed by atoms with Gasteiger partial charge in [0.2, 0.25) is 0 Å². The molecule has 0 aliphatic carbocycles. The summed E-state index contributed by atoms with van der Waals surface area (Å²) in [6.45, 7) is 5.08. The van der Waals surface area contributed by atoms with Crippen molar-refractivity contribution in [1.29, 1.82) is 0 Å². The zero-order valence-electron chi connectivity index (χ0n) is 9.89. The first kappa shape index (κ1) is 13.1. The van der Waals surface area contributed by atoms with Crippen LogP contribution in [0.25, 0.3) is 0 Å². The van der Waals surface area contributed by atoms with Crippen molar-refractivity contribution in [2.75, 3.05) is 6.54 Å². The molecule has 0 aromatic heterocycles. The molecule has 86 valence electrons. The molecule has 1 aromatic carbocycles. The van der Waals surface area contributed by atoms with Gasteiger partial charge in [-0.15, -0.1) is 12.3 Å². The molecular weight excluding hydrogens is 218 g/mol. The molecule has 2 heteroatoms. The first-order valence-corrected chi connectivity index (χ1v) is 5.99. The van der Waals surface area contributed by atoms with Crippen LogP contribution in [-0.2, 0) is 0 Å². The Morgan fingerprint density at radius 3 is 2.75 bits per heavy atom. The van der Waals surface area contributed by atoms with Crippen molar-refractivity contribution in [1.82, 2.24) is 5.32 Å². The predicted octanol–water partition coefficient (Wildman–Crippen LogP) is 3.71. The molecule has 1 atom stereocenters. The van der Waals surface area contributed by atoms with Crippen LogP contribution in [0.15, 0.2) is 18.2 Å². The molecule has 0 aliphatic heterocycles. The second-order valence-corrected chi connectivity index (χ2v) is 4.35. The van der Waals surface area contributed by atoms with E-state index in [1.807, 2.05) is 12.1 Å². The molecule has 1 N–H and O–H groups in total. The Balaban J connectivity index is 2.87. The normalized spacial score (nSPS) is 12.1. The molecule has 1 nitrogen and oxygen atoms in total. The van der Waals surface area contributed by atoms with Gasteiger partial charge in [0.05, 0.1) is 0 Å². The Kier molecular flexibility index (Phi) is 5.38. The zero-order chi connectivity index (χ0) is 12.0. The number of rotatable bonds is 5. The van der Waals surface area contributed by atoms with Crippen molar-refractivity contribution in [2.45, 2.75) is 32.7 Å². The molecule has 0 amide bonds. The summed E-state index contributed by atoms with van der Waals surface area (Å²) in [5.74, 6) is 2.68. The Labute approximate surface area is 103 Å².